The van der Waals surface area contributed by atoms with Crippen molar-refractivity contribution in [1.29, 1.82) is 0 Å². The maximum atomic E-state index is 5.20. The molecule has 21 heavy (non-hydrogen) atoms. The van der Waals surface area contributed by atoms with E-state index in [2.05, 4.69) is 25.9 Å². The number of nitrogens with zero attached hydrogens (tertiary/aromatic N) is 2. The van der Waals surface area contributed by atoms with E-state index in [0.29, 0.717) is 0 Å². The summed E-state index contributed by atoms with van der Waals surface area (Å²) >= 11 is 3.38. The van der Waals surface area contributed by atoms with Crippen molar-refractivity contribution in [2.45, 2.75) is 12.3 Å². The Morgan fingerprint density at radius 1 is 0.905 bits per heavy atom. The molecule has 4 nitrogen and oxygen atoms in total. The standard InChI is InChI=1S/C8H6BrNO.C8H7NO/c9-4-6-2-1-3-7-8(6)11-5-10-7;1-6-3-2-4-7-8(6)10-5-9-7/h1-3,5H,4H2;2-5H,1H3. The minimum Gasteiger partial charge on any atom is -0.443 e. The second kappa shape index (κ2) is 6.10. The third-order valence-electron chi connectivity index (χ3n) is 3.14. The number of hydrogen-bond acceptors (Lipinski definition) is 4. The fourth-order valence-electron chi connectivity index (χ4n) is 2.08. The smallest absolute Gasteiger partial charge is 0.181 e. The number of para-hydroxylation sites is 2. The Hall–Kier alpha value is -2.14. The molecule has 0 aliphatic carbocycles. The van der Waals surface area contributed by atoms with Gasteiger partial charge in [0.15, 0.2) is 24.0 Å². The van der Waals surface area contributed by atoms with Crippen LogP contribution in [0, 0.1) is 6.92 Å². The highest BCUT2D eigenvalue weighted by molar-refractivity contribution is 9.08. The summed E-state index contributed by atoms with van der Waals surface area (Å²) in [6.07, 6.45) is 2.94. The molecule has 0 saturated carbocycles. The Balaban J connectivity index is 0.000000126. The summed E-state index contributed by atoms with van der Waals surface area (Å²) in [6.45, 7) is 2.01. The average molecular weight is 345 g/mol. The molecule has 0 unspecified atom stereocenters. The number of hydrogen-bond donors (Lipinski definition) is 0. The molecule has 0 spiro atoms. The van der Waals surface area contributed by atoms with E-state index < -0.39 is 0 Å². The number of rotatable bonds is 1. The van der Waals surface area contributed by atoms with Crippen molar-refractivity contribution < 1.29 is 8.83 Å². The first kappa shape index (κ1) is 13.8. The Labute approximate surface area is 129 Å². The van der Waals surface area contributed by atoms with Crippen molar-refractivity contribution in [3.05, 3.63) is 60.3 Å². The van der Waals surface area contributed by atoms with Crippen molar-refractivity contribution in [2.24, 2.45) is 0 Å². The second-order valence-electron chi connectivity index (χ2n) is 4.53. The van der Waals surface area contributed by atoms with Crippen LogP contribution in [-0.2, 0) is 5.33 Å². The molecule has 0 atom stereocenters. The lowest BCUT2D eigenvalue weighted by Gasteiger charge is -1.93. The lowest BCUT2D eigenvalue weighted by atomic mass is 10.2. The molecule has 0 aliphatic heterocycles. The highest BCUT2D eigenvalue weighted by Gasteiger charge is 2.01. The van der Waals surface area contributed by atoms with Gasteiger partial charge in [-0.25, -0.2) is 9.97 Å². The molecule has 0 saturated heterocycles. The zero-order chi connectivity index (χ0) is 14.7. The van der Waals surface area contributed by atoms with Crippen molar-refractivity contribution in [1.82, 2.24) is 9.97 Å². The molecular weight excluding hydrogens is 332 g/mol. The quantitative estimate of drug-likeness (QED) is 0.462. The van der Waals surface area contributed by atoms with Gasteiger partial charge in [-0.05, 0) is 24.6 Å². The van der Waals surface area contributed by atoms with Crippen LogP contribution >= 0.6 is 15.9 Å². The third-order valence-corrected chi connectivity index (χ3v) is 3.74. The molecule has 0 amide bonds. The number of aryl methyl sites for hydroxylation is 1. The predicted octanol–water partition coefficient (Wildman–Crippen LogP) is 4.86. The lowest BCUT2D eigenvalue weighted by Crippen LogP contribution is -1.76. The van der Waals surface area contributed by atoms with Gasteiger partial charge in [0, 0.05) is 10.9 Å². The summed E-state index contributed by atoms with van der Waals surface area (Å²) in [5.74, 6) is 0. The van der Waals surface area contributed by atoms with Crippen LogP contribution in [-0.4, -0.2) is 9.97 Å². The van der Waals surface area contributed by atoms with Gasteiger partial charge in [0.25, 0.3) is 0 Å². The molecular formula is C16H13BrN2O2. The first-order chi connectivity index (χ1) is 10.3. The van der Waals surface area contributed by atoms with E-state index >= 15 is 0 Å². The first-order valence-corrected chi connectivity index (χ1v) is 7.57. The van der Waals surface area contributed by atoms with Gasteiger partial charge in [-0.3, -0.25) is 0 Å². The minimum absolute atomic E-state index is 0.805. The van der Waals surface area contributed by atoms with Crippen LogP contribution in [0.2, 0.25) is 0 Å². The maximum absolute atomic E-state index is 5.20. The van der Waals surface area contributed by atoms with E-state index in [1.165, 1.54) is 12.8 Å². The van der Waals surface area contributed by atoms with Crippen molar-refractivity contribution in [3.8, 4) is 0 Å². The molecule has 106 valence electrons. The molecule has 4 aromatic rings. The summed E-state index contributed by atoms with van der Waals surface area (Å²) in [4.78, 5) is 8.05. The average Bonchev–Trinajstić information content (AvgIpc) is 3.16. The Kier molecular flexibility index (Phi) is 4.01. The highest BCUT2D eigenvalue weighted by Crippen LogP contribution is 2.19. The normalized spacial score (nSPS) is 10.6. The number of fused-ring (bicyclic) bond motifs is 2. The SMILES string of the molecule is BrCc1cccc2ncoc12.Cc1cccc2ncoc12. The lowest BCUT2D eigenvalue weighted by molar-refractivity contribution is 0.599. The van der Waals surface area contributed by atoms with Gasteiger partial charge < -0.3 is 8.83 Å². The third kappa shape index (κ3) is 2.83. The zero-order valence-corrected chi connectivity index (χ0v) is 13.0. The Morgan fingerprint density at radius 2 is 1.52 bits per heavy atom. The summed E-state index contributed by atoms with van der Waals surface area (Å²) in [5, 5.41) is 0.805. The number of aromatic nitrogens is 2. The van der Waals surface area contributed by atoms with Gasteiger partial charge in [-0.15, -0.1) is 0 Å². The molecule has 4 rings (SSSR count). The largest absolute Gasteiger partial charge is 0.443 e. The summed E-state index contributed by atoms with van der Waals surface area (Å²) in [5.41, 5.74) is 5.89. The van der Waals surface area contributed by atoms with Crippen LogP contribution in [0.3, 0.4) is 0 Å². The van der Waals surface area contributed by atoms with Gasteiger partial charge >= 0.3 is 0 Å². The molecule has 2 heterocycles. The van der Waals surface area contributed by atoms with Crippen LogP contribution in [0.4, 0.5) is 0 Å². The van der Waals surface area contributed by atoms with E-state index in [1.807, 2.05) is 43.3 Å². The fourth-order valence-corrected chi connectivity index (χ4v) is 2.52. The molecule has 5 heteroatoms. The second-order valence-corrected chi connectivity index (χ2v) is 5.09. The molecule has 0 radical (unpaired) electrons. The van der Waals surface area contributed by atoms with Crippen molar-refractivity contribution in [3.63, 3.8) is 0 Å². The van der Waals surface area contributed by atoms with Gasteiger partial charge in [0.05, 0.1) is 0 Å². The monoisotopic (exact) mass is 344 g/mol. The van der Waals surface area contributed by atoms with Gasteiger partial charge in [0.1, 0.15) is 11.0 Å². The van der Waals surface area contributed by atoms with Crippen molar-refractivity contribution >= 4 is 38.1 Å². The Bertz CT molecular complexity index is 867. The number of halogens is 1. The van der Waals surface area contributed by atoms with Crippen LogP contribution < -0.4 is 0 Å². The van der Waals surface area contributed by atoms with Crippen LogP contribution in [0.15, 0.2) is 58.0 Å². The topological polar surface area (TPSA) is 52.1 Å². The van der Waals surface area contributed by atoms with E-state index in [9.17, 15) is 0 Å². The summed E-state index contributed by atoms with van der Waals surface area (Å²) in [6, 6.07) is 11.8. The molecule has 2 aromatic carbocycles. The minimum atomic E-state index is 0.805. The van der Waals surface area contributed by atoms with Crippen LogP contribution in [0.1, 0.15) is 11.1 Å². The van der Waals surface area contributed by atoms with Crippen LogP contribution in [0.25, 0.3) is 22.2 Å². The van der Waals surface area contributed by atoms with Gasteiger partial charge in [-0.1, -0.05) is 40.2 Å². The Morgan fingerprint density at radius 3 is 2.19 bits per heavy atom. The number of alkyl halides is 1. The molecule has 0 bridgehead atoms. The first-order valence-electron chi connectivity index (χ1n) is 6.45. The molecule has 2 aromatic heterocycles. The van der Waals surface area contributed by atoms with Gasteiger partial charge in [-0.2, -0.15) is 0 Å². The van der Waals surface area contributed by atoms with Crippen molar-refractivity contribution in [2.75, 3.05) is 0 Å². The fraction of sp³-hybridized carbons (Fsp3) is 0.125. The van der Waals surface area contributed by atoms with E-state index in [4.69, 9.17) is 8.83 Å². The highest BCUT2D eigenvalue weighted by atomic mass is 79.9. The zero-order valence-electron chi connectivity index (χ0n) is 11.4. The number of benzene rings is 2. The van der Waals surface area contributed by atoms with Gasteiger partial charge in [0.2, 0.25) is 0 Å². The molecule has 0 fully saturated rings. The predicted molar refractivity (Wildman–Crippen MR) is 85.4 cm³/mol. The van der Waals surface area contributed by atoms with E-state index in [-0.39, 0.29) is 0 Å². The van der Waals surface area contributed by atoms with Crippen LogP contribution in [0.5, 0.6) is 0 Å². The maximum Gasteiger partial charge on any atom is 0.181 e. The van der Waals surface area contributed by atoms with E-state index in [1.54, 1.807) is 0 Å². The van der Waals surface area contributed by atoms with E-state index in [0.717, 1.165) is 38.7 Å². The summed E-state index contributed by atoms with van der Waals surface area (Å²) < 4.78 is 10.3. The molecule has 0 aliphatic rings. The summed E-state index contributed by atoms with van der Waals surface area (Å²) in [7, 11) is 0. The number of oxazole rings is 2. The molecule has 0 N–H and O–H groups in total.